The van der Waals surface area contributed by atoms with Crippen LogP contribution in [0.5, 0.6) is 0 Å². The van der Waals surface area contributed by atoms with Crippen LogP contribution in [0, 0.1) is 0 Å². The fraction of sp³-hybridized carbons (Fsp3) is 0. The van der Waals surface area contributed by atoms with Gasteiger partial charge in [0.25, 0.3) is 0 Å². The van der Waals surface area contributed by atoms with E-state index in [1.807, 2.05) is 30.3 Å². The Bertz CT molecular complexity index is 342. The Kier molecular flexibility index (Phi) is 7.05. The van der Waals surface area contributed by atoms with E-state index in [9.17, 15) is 9.90 Å². The van der Waals surface area contributed by atoms with Crippen molar-refractivity contribution < 1.29 is 61.3 Å². The molecule has 0 aliphatic carbocycles. The average Bonchev–Trinajstić information content (AvgIpc) is 2.15. The summed E-state index contributed by atoms with van der Waals surface area (Å²) in [6.45, 7) is 3.32. The zero-order valence-corrected chi connectivity index (χ0v) is 11.2. The molecule has 66 valence electrons. The fourth-order valence-corrected chi connectivity index (χ4v) is 0.829. The summed E-state index contributed by atoms with van der Waals surface area (Å²) in [6, 6.07) is 9.39. The predicted octanol–water partition coefficient (Wildman–Crippen LogP) is -1.99. The number of rotatable bonds is 3. The topological polar surface area (TPSA) is 40.1 Å². The minimum Gasteiger partial charge on any atom is -0.545 e. The molecule has 0 fully saturated rings. The Morgan fingerprint density at radius 2 is 1.86 bits per heavy atom. The molecule has 0 heterocycles. The first-order valence-electron chi connectivity index (χ1n) is 3.83. The molecule has 3 heteroatoms. The van der Waals surface area contributed by atoms with Crippen LogP contribution in [0.1, 0.15) is 5.56 Å². The van der Waals surface area contributed by atoms with Crippen LogP contribution >= 0.6 is 0 Å². The molecule has 0 saturated carbocycles. The number of hydrogen-bond acceptors (Lipinski definition) is 2. The van der Waals surface area contributed by atoms with E-state index in [0.717, 1.165) is 5.56 Å². The van der Waals surface area contributed by atoms with Gasteiger partial charge in [-0.1, -0.05) is 49.1 Å². The molecule has 1 rings (SSSR count). The third-order valence-corrected chi connectivity index (χ3v) is 1.54. The van der Waals surface area contributed by atoms with Gasteiger partial charge in [0.1, 0.15) is 0 Å². The SMILES string of the molecule is C=C(C=Cc1ccccc1)C(=O)[O-].[K+]. The minimum atomic E-state index is -1.24. The molecular formula is C11H9KO2. The second kappa shape index (κ2) is 7.14. The Morgan fingerprint density at radius 3 is 2.36 bits per heavy atom. The maximum absolute atomic E-state index is 10.3. The number of carbonyl (C=O) groups excluding carboxylic acids is 1. The second-order valence-corrected chi connectivity index (χ2v) is 2.56. The van der Waals surface area contributed by atoms with E-state index in [-0.39, 0.29) is 57.0 Å². The van der Waals surface area contributed by atoms with Crippen molar-refractivity contribution in [3.8, 4) is 0 Å². The van der Waals surface area contributed by atoms with Gasteiger partial charge in [0.2, 0.25) is 0 Å². The number of carboxylic acid groups (broad SMARTS) is 1. The van der Waals surface area contributed by atoms with E-state index >= 15 is 0 Å². The molecule has 1 aromatic carbocycles. The molecule has 0 aromatic heterocycles. The van der Waals surface area contributed by atoms with Crippen LogP contribution in [0.25, 0.3) is 6.08 Å². The Labute approximate surface area is 126 Å². The first-order chi connectivity index (χ1) is 6.20. The van der Waals surface area contributed by atoms with E-state index in [4.69, 9.17) is 0 Å². The largest absolute Gasteiger partial charge is 1.00 e. The number of carboxylic acids is 1. The van der Waals surface area contributed by atoms with Gasteiger partial charge in [0.15, 0.2) is 0 Å². The summed E-state index contributed by atoms with van der Waals surface area (Å²) in [5.74, 6) is -1.24. The summed E-state index contributed by atoms with van der Waals surface area (Å²) < 4.78 is 0. The summed E-state index contributed by atoms with van der Waals surface area (Å²) in [5, 5.41) is 10.3. The smallest absolute Gasteiger partial charge is 0.545 e. The Morgan fingerprint density at radius 1 is 1.29 bits per heavy atom. The van der Waals surface area contributed by atoms with Crippen molar-refractivity contribution in [1.82, 2.24) is 0 Å². The van der Waals surface area contributed by atoms with Gasteiger partial charge in [0.05, 0.1) is 5.97 Å². The van der Waals surface area contributed by atoms with Gasteiger partial charge in [0, 0.05) is 0 Å². The minimum absolute atomic E-state index is 0. The third kappa shape index (κ3) is 4.88. The molecule has 1 aromatic rings. The summed E-state index contributed by atoms with van der Waals surface area (Å²) >= 11 is 0. The van der Waals surface area contributed by atoms with Crippen molar-refractivity contribution in [3.63, 3.8) is 0 Å². The van der Waals surface area contributed by atoms with Gasteiger partial charge in [-0.3, -0.25) is 0 Å². The van der Waals surface area contributed by atoms with Crippen molar-refractivity contribution in [2.45, 2.75) is 0 Å². The maximum atomic E-state index is 10.3. The van der Waals surface area contributed by atoms with Crippen LogP contribution in [0.3, 0.4) is 0 Å². The van der Waals surface area contributed by atoms with Gasteiger partial charge < -0.3 is 9.90 Å². The van der Waals surface area contributed by atoms with E-state index < -0.39 is 5.97 Å². The first-order valence-corrected chi connectivity index (χ1v) is 3.83. The monoisotopic (exact) mass is 212 g/mol. The molecule has 0 radical (unpaired) electrons. The maximum Gasteiger partial charge on any atom is 1.00 e. The van der Waals surface area contributed by atoms with Gasteiger partial charge in [-0.2, -0.15) is 0 Å². The van der Waals surface area contributed by atoms with Crippen LogP contribution < -0.4 is 56.5 Å². The van der Waals surface area contributed by atoms with Gasteiger partial charge in [-0.15, -0.1) is 0 Å². The van der Waals surface area contributed by atoms with E-state index in [1.54, 1.807) is 6.08 Å². The molecule has 0 saturated heterocycles. The molecule has 0 N–H and O–H groups in total. The van der Waals surface area contributed by atoms with Crippen molar-refractivity contribution in [2.24, 2.45) is 0 Å². The summed E-state index contributed by atoms with van der Waals surface area (Å²) in [4.78, 5) is 10.3. The van der Waals surface area contributed by atoms with E-state index in [1.165, 1.54) is 6.08 Å². The van der Waals surface area contributed by atoms with Crippen LogP contribution in [-0.4, -0.2) is 5.97 Å². The van der Waals surface area contributed by atoms with Crippen molar-refractivity contribution in [2.75, 3.05) is 0 Å². The van der Waals surface area contributed by atoms with Gasteiger partial charge in [-0.25, -0.2) is 0 Å². The van der Waals surface area contributed by atoms with Gasteiger partial charge in [-0.05, 0) is 11.1 Å². The molecule has 0 atom stereocenters. The third-order valence-electron chi connectivity index (χ3n) is 1.54. The Hall–Kier alpha value is -0.194. The molecule has 0 spiro atoms. The molecule has 0 aliphatic heterocycles. The first kappa shape index (κ1) is 13.8. The van der Waals surface area contributed by atoms with E-state index in [2.05, 4.69) is 6.58 Å². The van der Waals surface area contributed by atoms with Crippen molar-refractivity contribution in [3.05, 3.63) is 54.1 Å². The van der Waals surface area contributed by atoms with Crippen LogP contribution in [-0.2, 0) is 4.79 Å². The normalized spacial score (nSPS) is 9.43. The molecule has 0 bridgehead atoms. The van der Waals surface area contributed by atoms with Crippen LogP contribution in [0.2, 0.25) is 0 Å². The summed E-state index contributed by atoms with van der Waals surface area (Å²) in [7, 11) is 0. The quantitative estimate of drug-likeness (QED) is 0.331. The predicted molar refractivity (Wildman–Crippen MR) is 49.6 cm³/mol. The molecule has 14 heavy (non-hydrogen) atoms. The molecule has 0 aliphatic rings. The Balaban J connectivity index is 0.00000169. The number of carbonyl (C=O) groups is 1. The number of aliphatic carboxylic acids is 1. The number of hydrogen-bond donors (Lipinski definition) is 0. The van der Waals surface area contributed by atoms with Crippen LogP contribution in [0.15, 0.2) is 48.6 Å². The number of benzene rings is 1. The molecule has 0 amide bonds. The molecule has 0 unspecified atom stereocenters. The second-order valence-electron chi connectivity index (χ2n) is 2.56. The standard InChI is InChI=1S/C11H10O2.K/c1-9(11(12)13)7-8-10-5-3-2-4-6-10;/h2-8H,1H2,(H,12,13);/q;+1/p-1. The summed E-state index contributed by atoms with van der Waals surface area (Å²) in [5.41, 5.74) is 0.911. The van der Waals surface area contributed by atoms with E-state index in [0.29, 0.717) is 0 Å². The van der Waals surface area contributed by atoms with Crippen molar-refractivity contribution in [1.29, 1.82) is 0 Å². The fourth-order valence-electron chi connectivity index (χ4n) is 0.829. The molecule has 2 nitrogen and oxygen atoms in total. The molecular weight excluding hydrogens is 203 g/mol. The van der Waals surface area contributed by atoms with Crippen LogP contribution in [0.4, 0.5) is 0 Å². The zero-order chi connectivity index (χ0) is 9.68. The van der Waals surface area contributed by atoms with Gasteiger partial charge >= 0.3 is 51.4 Å². The summed E-state index contributed by atoms with van der Waals surface area (Å²) in [6.07, 6.45) is 3.10. The average molecular weight is 212 g/mol. The van der Waals surface area contributed by atoms with Crippen molar-refractivity contribution >= 4 is 12.0 Å². The zero-order valence-electron chi connectivity index (χ0n) is 8.07.